The van der Waals surface area contributed by atoms with Gasteiger partial charge in [0.05, 0.1) is 6.54 Å². The third kappa shape index (κ3) is 6.09. The molecule has 17 heavy (non-hydrogen) atoms. The van der Waals surface area contributed by atoms with Gasteiger partial charge in [-0.3, -0.25) is 0 Å². The summed E-state index contributed by atoms with van der Waals surface area (Å²) in [6.07, 6.45) is 3.69. The molecule has 3 N–H and O–H groups in total. The molecular weight excluding hydrogens is 214 g/mol. The Morgan fingerprint density at radius 1 is 1.35 bits per heavy atom. The number of unbranched alkanes of at least 4 members (excludes halogenated alkanes) is 1. The van der Waals surface area contributed by atoms with Crippen molar-refractivity contribution in [3.63, 3.8) is 0 Å². The molecule has 0 atom stereocenters. The lowest BCUT2D eigenvalue weighted by molar-refractivity contribution is -0.671. The van der Waals surface area contributed by atoms with E-state index in [0.29, 0.717) is 13.2 Å². The maximum absolute atomic E-state index is 8.66. The van der Waals surface area contributed by atoms with Crippen molar-refractivity contribution in [1.29, 1.82) is 0 Å². The van der Waals surface area contributed by atoms with Gasteiger partial charge in [0, 0.05) is 12.2 Å². The number of rotatable bonds is 9. The lowest BCUT2D eigenvalue weighted by Crippen LogP contribution is -2.82. The summed E-state index contributed by atoms with van der Waals surface area (Å²) < 4.78 is 5.48. The second kappa shape index (κ2) is 8.79. The normalized spacial score (nSPS) is 10.2. The van der Waals surface area contributed by atoms with E-state index in [2.05, 4.69) is 24.0 Å². The van der Waals surface area contributed by atoms with Crippen LogP contribution < -0.4 is 10.1 Å². The van der Waals surface area contributed by atoms with Crippen LogP contribution in [-0.4, -0.2) is 24.9 Å². The van der Waals surface area contributed by atoms with Crippen LogP contribution in [-0.2, 0) is 6.54 Å². The van der Waals surface area contributed by atoms with Gasteiger partial charge in [0.1, 0.15) is 18.9 Å². The van der Waals surface area contributed by atoms with E-state index >= 15 is 0 Å². The van der Waals surface area contributed by atoms with Crippen molar-refractivity contribution in [2.24, 2.45) is 0 Å². The number of quaternary nitrogens is 1. The van der Waals surface area contributed by atoms with E-state index in [1.54, 1.807) is 6.08 Å². The first-order valence-corrected chi connectivity index (χ1v) is 6.12. The molecule has 1 rings (SSSR count). The number of aliphatic hydroxyl groups excluding tert-OH is 1. The van der Waals surface area contributed by atoms with Gasteiger partial charge >= 0.3 is 0 Å². The topological polar surface area (TPSA) is 46.1 Å². The third-order valence-electron chi connectivity index (χ3n) is 2.46. The number of benzene rings is 1. The van der Waals surface area contributed by atoms with Gasteiger partial charge in [-0.05, 0) is 25.0 Å². The molecule has 0 spiro atoms. The first-order chi connectivity index (χ1) is 8.36. The average molecular weight is 236 g/mol. The fourth-order valence-corrected chi connectivity index (χ4v) is 1.59. The molecule has 0 aliphatic carbocycles. The molecular formula is C14H22NO2+. The van der Waals surface area contributed by atoms with E-state index in [9.17, 15) is 0 Å². The number of hydrogen-bond acceptors (Lipinski definition) is 2. The number of ether oxygens (including phenoxy) is 1. The highest BCUT2D eigenvalue weighted by atomic mass is 16.5. The molecule has 0 aromatic heterocycles. The van der Waals surface area contributed by atoms with Gasteiger partial charge in [-0.15, -0.1) is 0 Å². The molecule has 0 bridgehead atoms. The SMILES string of the molecule is C=CCOc1cccc(C[NH2+]CCCCO)c1. The zero-order valence-electron chi connectivity index (χ0n) is 10.3. The Balaban J connectivity index is 2.29. The molecule has 3 nitrogen and oxygen atoms in total. The summed E-state index contributed by atoms with van der Waals surface area (Å²) in [4.78, 5) is 0. The van der Waals surface area contributed by atoms with Gasteiger partial charge in [-0.25, -0.2) is 0 Å². The van der Waals surface area contributed by atoms with Crippen LogP contribution in [0.5, 0.6) is 5.75 Å². The van der Waals surface area contributed by atoms with Crippen molar-refractivity contribution in [3.05, 3.63) is 42.5 Å². The standard InChI is InChI=1S/C14H21NO2/c1-2-10-17-14-7-5-6-13(11-14)12-15-8-3-4-9-16/h2,5-7,11,15-16H,1,3-4,8-10,12H2/p+1. The van der Waals surface area contributed by atoms with Crippen LogP contribution in [0.15, 0.2) is 36.9 Å². The summed E-state index contributed by atoms with van der Waals surface area (Å²) in [5.74, 6) is 0.895. The summed E-state index contributed by atoms with van der Waals surface area (Å²) in [5, 5.41) is 10.9. The summed E-state index contributed by atoms with van der Waals surface area (Å²) in [5.41, 5.74) is 1.26. The largest absolute Gasteiger partial charge is 0.490 e. The summed E-state index contributed by atoms with van der Waals surface area (Å²) in [7, 11) is 0. The van der Waals surface area contributed by atoms with Crippen molar-refractivity contribution in [2.75, 3.05) is 19.8 Å². The molecule has 94 valence electrons. The molecule has 1 aromatic carbocycles. The maximum Gasteiger partial charge on any atom is 0.120 e. The number of nitrogens with two attached hydrogens (primary N) is 1. The molecule has 0 saturated heterocycles. The predicted octanol–water partition coefficient (Wildman–Crippen LogP) is 1.09. The maximum atomic E-state index is 8.66. The zero-order valence-corrected chi connectivity index (χ0v) is 10.3. The van der Waals surface area contributed by atoms with Crippen molar-refractivity contribution < 1.29 is 15.2 Å². The molecule has 0 radical (unpaired) electrons. The summed E-state index contributed by atoms with van der Waals surface area (Å²) in [6.45, 7) is 6.47. The molecule has 0 heterocycles. The minimum atomic E-state index is 0.290. The van der Waals surface area contributed by atoms with E-state index in [0.717, 1.165) is 31.7 Å². The zero-order chi connectivity index (χ0) is 12.3. The van der Waals surface area contributed by atoms with Crippen LogP contribution in [0, 0.1) is 0 Å². The van der Waals surface area contributed by atoms with Crippen LogP contribution in [0.25, 0.3) is 0 Å². The molecule has 0 saturated carbocycles. The van der Waals surface area contributed by atoms with Gasteiger partial charge in [-0.1, -0.05) is 24.8 Å². The number of aliphatic hydroxyl groups is 1. The molecule has 1 aromatic rings. The minimum Gasteiger partial charge on any atom is -0.490 e. The van der Waals surface area contributed by atoms with Crippen LogP contribution >= 0.6 is 0 Å². The molecule has 3 heteroatoms. The van der Waals surface area contributed by atoms with Crippen LogP contribution in [0.1, 0.15) is 18.4 Å². The lowest BCUT2D eigenvalue weighted by atomic mass is 10.2. The van der Waals surface area contributed by atoms with Gasteiger partial charge < -0.3 is 15.2 Å². The van der Waals surface area contributed by atoms with Gasteiger partial charge in [-0.2, -0.15) is 0 Å². The van der Waals surface area contributed by atoms with Crippen LogP contribution in [0.2, 0.25) is 0 Å². The van der Waals surface area contributed by atoms with E-state index in [4.69, 9.17) is 9.84 Å². The number of hydrogen-bond donors (Lipinski definition) is 2. The van der Waals surface area contributed by atoms with Gasteiger partial charge in [0.25, 0.3) is 0 Å². The third-order valence-corrected chi connectivity index (χ3v) is 2.46. The van der Waals surface area contributed by atoms with Crippen LogP contribution in [0.3, 0.4) is 0 Å². The van der Waals surface area contributed by atoms with E-state index in [1.807, 2.05) is 12.1 Å². The average Bonchev–Trinajstić information content (AvgIpc) is 2.37. The van der Waals surface area contributed by atoms with E-state index < -0.39 is 0 Å². The van der Waals surface area contributed by atoms with Crippen molar-refractivity contribution in [1.82, 2.24) is 0 Å². The highest BCUT2D eigenvalue weighted by Crippen LogP contribution is 2.12. The first-order valence-electron chi connectivity index (χ1n) is 6.12. The second-order valence-electron chi connectivity index (χ2n) is 3.96. The Bertz CT molecular complexity index is 326. The predicted molar refractivity (Wildman–Crippen MR) is 69.0 cm³/mol. The smallest absolute Gasteiger partial charge is 0.120 e. The van der Waals surface area contributed by atoms with Gasteiger partial charge in [0.15, 0.2) is 0 Å². The fraction of sp³-hybridized carbons (Fsp3) is 0.429. The molecule has 0 fully saturated rings. The summed E-state index contributed by atoms with van der Waals surface area (Å²) >= 11 is 0. The Labute approximate surface area is 103 Å². The van der Waals surface area contributed by atoms with Crippen molar-refractivity contribution >= 4 is 0 Å². The highest BCUT2D eigenvalue weighted by molar-refractivity contribution is 5.28. The fourth-order valence-electron chi connectivity index (χ4n) is 1.59. The highest BCUT2D eigenvalue weighted by Gasteiger charge is 1.98. The van der Waals surface area contributed by atoms with Crippen molar-refractivity contribution in [2.45, 2.75) is 19.4 Å². The van der Waals surface area contributed by atoms with Gasteiger partial charge in [0.2, 0.25) is 0 Å². The molecule has 0 amide bonds. The molecule has 0 unspecified atom stereocenters. The Morgan fingerprint density at radius 3 is 3.00 bits per heavy atom. The lowest BCUT2D eigenvalue weighted by Gasteiger charge is -2.05. The molecule has 0 aliphatic heterocycles. The first kappa shape index (κ1) is 13.7. The van der Waals surface area contributed by atoms with E-state index in [-0.39, 0.29) is 0 Å². The Kier molecular flexibility index (Phi) is 7.11. The molecule has 0 aliphatic rings. The Morgan fingerprint density at radius 2 is 2.24 bits per heavy atom. The van der Waals surface area contributed by atoms with Crippen molar-refractivity contribution in [3.8, 4) is 5.75 Å². The quantitative estimate of drug-likeness (QED) is 0.498. The second-order valence-corrected chi connectivity index (χ2v) is 3.96. The monoisotopic (exact) mass is 236 g/mol. The Hall–Kier alpha value is -1.32. The minimum absolute atomic E-state index is 0.290. The van der Waals surface area contributed by atoms with E-state index in [1.165, 1.54) is 5.56 Å². The summed E-state index contributed by atoms with van der Waals surface area (Å²) in [6, 6.07) is 8.13. The van der Waals surface area contributed by atoms with Crippen LogP contribution in [0.4, 0.5) is 0 Å².